The average Bonchev–Trinajstić information content (AvgIpc) is 2.95. The first-order chi connectivity index (χ1) is 14.8. The van der Waals surface area contributed by atoms with Crippen LogP contribution < -0.4 is 4.72 Å². The highest BCUT2D eigenvalue weighted by Gasteiger charge is 2.20. The Morgan fingerprint density at radius 3 is 2.32 bits per heavy atom. The third kappa shape index (κ3) is 5.40. The van der Waals surface area contributed by atoms with Crippen molar-refractivity contribution in [2.45, 2.75) is 31.1 Å². The van der Waals surface area contributed by atoms with Crippen LogP contribution in [0.5, 0.6) is 0 Å². The summed E-state index contributed by atoms with van der Waals surface area (Å²) in [4.78, 5) is 12.5. The number of carbonyl (C=O) groups is 1. The number of allylic oxidation sites excluding steroid dienone is 1. The SMILES string of the molecule is COC(=O)c1cc(C/C=C/CNS(=O)(=O)c2ccccc2)c2ccc(C(C)C)ccc1-2. The molecule has 2 aliphatic rings. The van der Waals surface area contributed by atoms with Gasteiger partial charge in [-0.1, -0.05) is 68.5 Å². The Morgan fingerprint density at radius 2 is 1.68 bits per heavy atom. The quantitative estimate of drug-likeness (QED) is 0.407. The lowest BCUT2D eigenvalue weighted by atomic mass is 10.1. The second-order valence-electron chi connectivity index (χ2n) is 7.56. The number of benzene rings is 1. The molecule has 0 aliphatic heterocycles. The van der Waals surface area contributed by atoms with Gasteiger partial charge in [0.25, 0.3) is 0 Å². The number of esters is 1. The Bertz CT molecular complexity index is 1150. The summed E-state index contributed by atoms with van der Waals surface area (Å²) in [5, 5.41) is 0. The number of sulfonamides is 1. The number of carbonyl (C=O) groups excluding carboxylic acids is 1. The monoisotopic (exact) mass is 437 g/mol. The van der Waals surface area contributed by atoms with Crippen LogP contribution in [0, 0.1) is 0 Å². The standard InChI is InChI=1S/C25H27NO4S/c1-18(2)19-12-14-22-20(17-24(25(27)30-3)23(22)15-13-19)9-7-8-16-26-31(28,29)21-10-5-4-6-11-21/h4-8,10-15,17-18,26H,9,16H2,1-3H3/b8-7+. The zero-order valence-corrected chi connectivity index (χ0v) is 18.8. The van der Waals surface area contributed by atoms with Gasteiger partial charge in [-0.15, -0.1) is 0 Å². The second kappa shape index (κ2) is 9.90. The van der Waals surface area contributed by atoms with E-state index in [2.05, 4.69) is 24.6 Å². The zero-order valence-electron chi connectivity index (χ0n) is 18.0. The maximum Gasteiger partial charge on any atom is 0.338 e. The number of fused-ring (bicyclic) bond motifs is 1. The van der Waals surface area contributed by atoms with Crippen molar-refractivity contribution in [3.63, 3.8) is 0 Å². The van der Waals surface area contributed by atoms with Gasteiger partial charge in [0.15, 0.2) is 0 Å². The molecule has 0 amide bonds. The van der Waals surface area contributed by atoms with Gasteiger partial charge in [-0.05, 0) is 52.8 Å². The summed E-state index contributed by atoms with van der Waals surface area (Å²) in [5.74, 6) is 0.00668. The molecule has 6 heteroatoms. The molecule has 162 valence electrons. The fourth-order valence-electron chi connectivity index (χ4n) is 3.41. The Labute approximate surface area is 184 Å². The molecule has 0 spiro atoms. The van der Waals surface area contributed by atoms with E-state index in [-0.39, 0.29) is 17.4 Å². The maximum atomic E-state index is 12.3. The van der Waals surface area contributed by atoms with E-state index in [0.29, 0.717) is 17.9 Å². The predicted molar refractivity (Wildman–Crippen MR) is 123 cm³/mol. The molecule has 1 N–H and O–H groups in total. The zero-order chi connectivity index (χ0) is 22.4. The van der Waals surface area contributed by atoms with Crippen LogP contribution in [0.15, 0.2) is 77.7 Å². The molecule has 0 fully saturated rings. The summed E-state index contributed by atoms with van der Waals surface area (Å²) >= 11 is 0. The van der Waals surface area contributed by atoms with E-state index >= 15 is 0 Å². The van der Waals surface area contributed by atoms with Crippen molar-refractivity contribution >= 4 is 16.0 Å². The molecular formula is C25H27NO4S. The van der Waals surface area contributed by atoms with Crippen molar-refractivity contribution < 1.29 is 17.9 Å². The van der Waals surface area contributed by atoms with Gasteiger partial charge in [-0.25, -0.2) is 17.9 Å². The Hall–Kier alpha value is -2.96. The van der Waals surface area contributed by atoms with Gasteiger partial charge in [0.05, 0.1) is 17.6 Å². The van der Waals surface area contributed by atoms with Crippen LogP contribution in [0.4, 0.5) is 0 Å². The highest BCUT2D eigenvalue weighted by molar-refractivity contribution is 7.89. The van der Waals surface area contributed by atoms with Crippen LogP contribution in [0.25, 0.3) is 11.1 Å². The predicted octanol–water partition coefficient (Wildman–Crippen LogP) is 4.78. The molecule has 0 atom stereocenters. The van der Waals surface area contributed by atoms with E-state index in [0.717, 1.165) is 16.7 Å². The normalized spacial score (nSPS) is 12.0. The fourth-order valence-corrected chi connectivity index (χ4v) is 4.40. The van der Waals surface area contributed by atoms with Gasteiger partial charge in [-0.3, -0.25) is 0 Å². The van der Waals surface area contributed by atoms with Crippen LogP contribution in [0.1, 0.15) is 41.3 Å². The first-order valence-corrected chi connectivity index (χ1v) is 11.7. The lowest BCUT2D eigenvalue weighted by Gasteiger charge is -2.04. The third-order valence-corrected chi connectivity index (χ3v) is 6.59. The summed E-state index contributed by atoms with van der Waals surface area (Å²) in [5.41, 5.74) is 4.55. The van der Waals surface area contributed by atoms with Crippen LogP contribution >= 0.6 is 0 Å². The minimum atomic E-state index is -3.53. The summed E-state index contributed by atoms with van der Waals surface area (Å²) in [6, 6.07) is 18.2. The maximum absolute atomic E-state index is 12.3. The fraction of sp³-hybridized carbons (Fsp3) is 0.240. The summed E-state index contributed by atoms with van der Waals surface area (Å²) in [6.07, 6.45) is 4.25. The molecule has 0 radical (unpaired) electrons. The number of hydrogen-bond acceptors (Lipinski definition) is 4. The molecule has 0 aromatic heterocycles. The molecule has 0 unspecified atom stereocenters. The van der Waals surface area contributed by atoms with Crippen LogP contribution in [0.2, 0.25) is 0 Å². The van der Waals surface area contributed by atoms with Gasteiger partial charge in [0.2, 0.25) is 10.0 Å². The molecule has 0 heterocycles. The molecule has 0 saturated heterocycles. The van der Waals surface area contributed by atoms with Crippen LogP contribution in [0.3, 0.4) is 0 Å². The highest BCUT2D eigenvalue weighted by atomic mass is 32.2. The lowest BCUT2D eigenvalue weighted by molar-refractivity contribution is 0.0602. The van der Waals surface area contributed by atoms with Crippen LogP contribution in [-0.4, -0.2) is 28.0 Å². The van der Waals surface area contributed by atoms with E-state index in [1.165, 1.54) is 12.7 Å². The number of hydrogen-bond donors (Lipinski definition) is 1. The molecule has 31 heavy (non-hydrogen) atoms. The van der Waals surface area contributed by atoms with Gasteiger partial charge >= 0.3 is 5.97 Å². The van der Waals surface area contributed by atoms with Crippen molar-refractivity contribution in [1.82, 2.24) is 4.72 Å². The smallest absolute Gasteiger partial charge is 0.338 e. The van der Waals surface area contributed by atoms with Gasteiger partial charge < -0.3 is 4.74 Å². The Balaban J connectivity index is 1.77. The topological polar surface area (TPSA) is 72.5 Å². The number of methoxy groups -OCH3 is 1. The minimum absolute atomic E-state index is 0.186. The van der Waals surface area contributed by atoms with Crippen molar-refractivity contribution in [2.75, 3.05) is 13.7 Å². The van der Waals surface area contributed by atoms with Crippen molar-refractivity contribution in [3.8, 4) is 11.1 Å². The third-order valence-electron chi connectivity index (χ3n) is 5.15. The van der Waals surface area contributed by atoms with E-state index < -0.39 is 10.0 Å². The van der Waals surface area contributed by atoms with Crippen LogP contribution in [-0.2, 0) is 21.2 Å². The first kappa shape index (κ1) is 22.7. The van der Waals surface area contributed by atoms with E-state index in [9.17, 15) is 13.2 Å². The number of nitrogens with one attached hydrogen (secondary N) is 1. The minimum Gasteiger partial charge on any atom is -0.465 e. The van der Waals surface area contributed by atoms with E-state index in [1.807, 2.05) is 30.3 Å². The second-order valence-corrected chi connectivity index (χ2v) is 9.33. The Kier molecular flexibility index (Phi) is 7.25. The molecule has 3 rings (SSSR count). The highest BCUT2D eigenvalue weighted by Crippen LogP contribution is 2.34. The Morgan fingerprint density at radius 1 is 1.00 bits per heavy atom. The molecule has 1 aromatic carbocycles. The molecule has 0 bridgehead atoms. The van der Waals surface area contributed by atoms with Gasteiger partial charge in [-0.2, -0.15) is 0 Å². The molecule has 5 nitrogen and oxygen atoms in total. The molecule has 2 aliphatic carbocycles. The largest absolute Gasteiger partial charge is 0.465 e. The summed E-state index contributed by atoms with van der Waals surface area (Å²) in [7, 11) is -2.16. The summed E-state index contributed by atoms with van der Waals surface area (Å²) < 4.78 is 32.1. The molecular weight excluding hydrogens is 410 g/mol. The van der Waals surface area contributed by atoms with E-state index in [1.54, 1.807) is 36.4 Å². The summed E-state index contributed by atoms with van der Waals surface area (Å²) in [6.45, 7) is 4.44. The van der Waals surface area contributed by atoms with Gasteiger partial charge in [0, 0.05) is 6.54 Å². The molecule has 0 saturated carbocycles. The van der Waals surface area contributed by atoms with E-state index in [4.69, 9.17) is 4.74 Å². The van der Waals surface area contributed by atoms with Crippen molar-refractivity contribution in [2.24, 2.45) is 0 Å². The van der Waals surface area contributed by atoms with Gasteiger partial charge in [0.1, 0.15) is 0 Å². The lowest BCUT2D eigenvalue weighted by Crippen LogP contribution is -2.23. The number of rotatable bonds is 8. The van der Waals surface area contributed by atoms with Crippen molar-refractivity contribution in [3.05, 3.63) is 89.5 Å². The van der Waals surface area contributed by atoms with Crippen molar-refractivity contribution in [1.29, 1.82) is 0 Å². The first-order valence-electron chi connectivity index (χ1n) is 10.2. The molecule has 1 aromatic rings. The average molecular weight is 438 g/mol. The number of ether oxygens (including phenoxy) is 1.